The molecule has 0 radical (unpaired) electrons. The van der Waals surface area contributed by atoms with Gasteiger partial charge in [-0.05, 0) is 12.8 Å². The van der Waals surface area contributed by atoms with Crippen LogP contribution in [0.15, 0.2) is 0 Å². The highest BCUT2D eigenvalue weighted by Gasteiger charge is 2.22. The van der Waals surface area contributed by atoms with Crippen LogP contribution in [-0.4, -0.2) is 37.1 Å². The molecular formula is C9H17FN2O. The van der Waals surface area contributed by atoms with E-state index in [9.17, 15) is 9.18 Å². The van der Waals surface area contributed by atoms with E-state index in [1.165, 1.54) is 0 Å². The monoisotopic (exact) mass is 188 g/mol. The van der Waals surface area contributed by atoms with Crippen molar-refractivity contribution in [1.29, 1.82) is 0 Å². The summed E-state index contributed by atoms with van der Waals surface area (Å²) in [6, 6.07) is 0. The smallest absolute Gasteiger partial charge is 0.223 e. The van der Waals surface area contributed by atoms with Gasteiger partial charge in [-0.25, -0.2) is 0 Å². The molecule has 0 saturated carbocycles. The number of likely N-dealkylation sites (tertiary alicyclic amines) is 1. The molecule has 0 spiro atoms. The van der Waals surface area contributed by atoms with Crippen LogP contribution in [0.4, 0.5) is 4.39 Å². The number of rotatable bonds is 3. The van der Waals surface area contributed by atoms with Gasteiger partial charge in [0.25, 0.3) is 0 Å². The summed E-state index contributed by atoms with van der Waals surface area (Å²) in [7, 11) is 0. The van der Waals surface area contributed by atoms with E-state index < -0.39 is 0 Å². The SMILES string of the molecule is NCCC(=O)N1CCC[C@@H](CF)C1. The molecule has 1 aliphatic rings. The summed E-state index contributed by atoms with van der Waals surface area (Å²) in [4.78, 5) is 13.1. The lowest BCUT2D eigenvalue weighted by Gasteiger charge is -2.31. The van der Waals surface area contributed by atoms with Crippen LogP contribution in [0.25, 0.3) is 0 Å². The summed E-state index contributed by atoms with van der Waals surface area (Å²) in [6.45, 7) is 1.42. The summed E-state index contributed by atoms with van der Waals surface area (Å²) < 4.78 is 12.3. The number of piperidine rings is 1. The summed E-state index contributed by atoms with van der Waals surface area (Å²) in [6.07, 6.45) is 2.22. The largest absolute Gasteiger partial charge is 0.342 e. The fourth-order valence-electron chi connectivity index (χ4n) is 1.70. The molecule has 0 aromatic carbocycles. The van der Waals surface area contributed by atoms with Gasteiger partial charge in [-0.1, -0.05) is 0 Å². The Bertz CT molecular complexity index is 175. The Balaban J connectivity index is 2.37. The molecule has 0 unspecified atom stereocenters. The van der Waals surface area contributed by atoms with Gasteiger partial charge >= 0.3 is 0 Å². The molecule has 3 nitrogen and oxygen atoms in total. The van der Waals surface area contributed by atoms with Crippen LogP contribution in [0.3, 0.4) is 0 Å². The van der Waals surface area contributed by atoms with E-state index in [1.54, 1.807) is 4.90 Å². The molecule has 1 rings (SSSR count). The Hall–Kier alpha value is -0.640. The predicted octanol–water partition coefficient (Wildman–Crippen LogP) is 0.543. The third-order valence-corrected chi connectivity index (χ3v) is 2.45. The lowest BCUT2D eigenvalue weighted by molar-refractivity contribution is -0.132. The molecule has 76 valence electrons. The molecule has 4 heteroatoms. The number of carbonyl (C=O) groups is 1. The first kappa shape index (κ1) is 10.4. The van der Waals surface area contributed by atoms with Crippen LogP contribution in [0.5, 0.6) is 0 Å². The second-order valence-electron chi connectivity index (χ2n) is 3.54. The number of halogens is 1. The van der Waals surface area contributed by atoms with Crippen molar-refractivity contribution in [3.63, 3.8) is 0 Å². The fourth-order valence-corrected chi connectivity index (χ4v) is 1.70. The van der Waals surface area contributed by atoms with E-state index >= 15 is 0 Å². The van der Waals surface area contributed by atoms with E-state index in [1.807, 2.05) is 0 Å². The molecule has 1 heterocycles. The first-order chi connectivity index (χ1) is 6.27. The van der Waals surface area contributed by atoms with Gasteiger partial charge in [0.2, 0.25) is 5.91 Å². The highest BCUT2D eigenvalue weighted by atomic mass is 19.1. The summed E-state index contributed by atoms with van der Waals surface area (Å²) in [5.74, 6) is 0.121. The molecule has 0 aliphatic carbocycles. The van der Waals surface area contributed by atoms with Crippen LogP contribution < -0.4 is 5.73 Å². The second kappa shape index (κ2) is 5.17. The Morgan fingerprint density at radius 2 is 2.38 bits per heavy atom. The van der Waals surface area contributed by atoms with Crippen molar-refractivity contribution in [2.24, 2.45) is 11.7 Å². The number of alkyl halides is 1. The maximum absolute atomic E-state index is 12.3. The first-order valence-corrected chi connectivity index (χ1v) is 4.81. The molecule has 0 aromatic heterocycles. The van der Waals surface area contributed by atoms with Crippen molar-refractivity contribution in [3.05, 3.63) is 0 Å². The van der Waals surface area contributed by atoms with Crippen LogP contribution in [0.1, 0.15) is 19.3 Å². The van der Waals surface area contributed by atoms with E-state index in [0.29, 0.717) is 19.5 Å². The lowest BCUT2D eigenvalue weighted by Crippen LogP contribution is -2.41. The Morgan fingerprint density at radius 3 is 3.00 bits per heavy atom. The molecule has 1 aliphatic heterocycles. The predicted molar refractivity (Wildman–Crippen MR) is 49.0 cm³/mol. The van der Waals surface area contributed by atoms with Gasteiger partial charge in [0.1, 0.15) is 0 Å². The van der Waals surface area contributed by atoms with Crippen molar-refractivity contribution in [2.45, 2.75) is 19.3 Å². The quantitative estimate of drug-likeness (QED) is 0.702. The summed E-state index contributed by atoms with van der Waals surface area (Å²) in [5.41, 5.74) is 5.28. The molecule has 1 saturated heterocycles. The number of nitrogens with zero attached hydrogens (tertiary/aromatic N) is 1. The Morgan fingerprint density at radius 1 is 1.62 bits per heavy atom. The average molecular weight is 188 g/mol. The van der Waals surface area contributed by atoms with Gasteiger partial charge in [0, 0.05) is 32.0 Å². The molecule has 2 N–H and O–H groups in total. The highest BCUT2D eigenvalue weighted by Crippen LogP contribution is 2.17. The Kier molecular flexibility index (Phi) is 4.15. The standard InChI is InChI=1S/C9H17FN2O/c10-6-8-2-1-5-12(7-8)9(13)3-4-11/h8H,1-7,11H2/t8-/m0/s1. The molecule has 13 heavy (non-hydrogen) atoms. The van der Waals surface area contributed by atoms with Gasteiger partial charge in [0.05, 0.1) is 6.67 Å². The van der Waals surface area contributed by atoms with Crippen LogP contribution in [-0.2, 0) is 4.79 Å². The minimum atomic E-state index is -0.313. The minimum Gasteiger partial charge on any atom is -0.342 e. The highest BCUT2D eigenvalue weighted by molar-refractivity contribution is 5.76. The van der Waals surface area contributed by atoms with Gasteiger partial charge in [-0.15, -0.1) is 0 Å². The van der Waals surface area contributed by atoms with Crippen molar-refractivity contribution in [2.75, 3.05) is 26.3 Å². The molecule has 1 amide bonds. The van der Waals surface area contributed by atoms with Gasteiger partial charge in [-0.3, -0.25) is 9.18 Å². The van der Waals surface area contributed by atoms with E-state index in [-0.39, 0.29) is 18.5 Å². The van der Waals surface area contributed by atoms with E-state index in [0.717, 1.165) is 19.4 Å². The third-order valence-electron chi connectivity index (χ3n) is 2.45. The van der Waals surface area contributed by atoms with Gasteiger partial charge < -0.3 is 10.6 Å². The van der Waals surface area contributed by atoms with Crippen LogP contribution in [0, 0.1) is 5.92 Å². The zero-order valence-electron chi connectivity index (χ0n) is 7.84. The zero-order valence-corrected chi connectivity index (χ0v) is 7.84. The first-order valence-electron chi connectivity index (χ1n) is 4.81. The summed E-state index contributed by atoms with van der Waals surface area (Å²) in [5, 5.41) is 0. The number of nitrogens with two attached hydrogens (primary N) is 1. The van der Waals surface area contributed by atoms with Crippen molar-refractivity contribution in [1.82, 2.24) is 4.90 Å². The zero-order chi connectivity index (χ0) is 9.68. The molecule has 1 atom stereocenters. The molecule has 0 bridgehead atoms. The lowest BCUT2D eigenvalue weighted by atomic mass is 9.99. The van der Waals surface area contributed by atoms with E-state index in [2.05, 4.69) is 0 Å². The van der Waals surface area contributed by atoms with Crippen molar-refractivity contribution < 1.29 is 9.18 Å². The Labute approximate surface area is 78.1 Å². The van der Waals surface area contributed by atoms with Crippen LogP contribution >= 0.6 is 0 Å². The average Bonchev–Trinajstić information content (AvgIpc) is 2.18. The number of hydrogen-bond acceptors (Lipinski definition) is 2. The number of hydrogen-bond donors (Lipinski definition) is 1. The third kappa shape index (κ3) is 2.95. The molecule has 0 aromatic rings. The van der Waals surface area contributed by atoms with Gasteiger partial charge in [0.15, 0.2) is 0 Å². The van der Waals surface area contributed by atoms with Crippen molar-refractivity contribution >= 4 is 5.91 Å². The molecule has 1 fully saturated rings. The second-order valence-corrected chi connectivity index (χ2v) is 3.54. The minimum absolute atomic E-state index is 0.0514. The maximum atomic E-state index is 12.3. The maximum Gasteiger partial charge on any atom is 0.223 e. The fraction of sp³-hybridized carbons (Fsp3) is 0.889. The van der Waals surface area contributed by atoms with E-state index in [4.69, 9.17) is 5.73 Å². The number of amides is 1. The topological polar surface area (TPSA) is 46.3 Å². The van der Waals surface area contributed by atoms with Crippen LogP contribution in [0.2, 0.25) is 0 Å². The van der Waals surface area contributed by atoms with Crippen molar-refractivity contribution in [3.8, 4) is 0 Å². The summed E-state index contributed by atoms with van der Waals surface area (Å²) >= 11 is 0. The molecular weight excluding hydrogens is 171 g/mol. The normalized spacial score (nSPS) is 23.2. The van der Waals surface area contributed by atoms with Gasteiger partial charge in [-0.2, -0.15) is 0 Å². The number of carbonyl (C=O) groups excluding carboxylic acids is 1.